The molecule has 1 heterocycles. The summed E-state index contributed by atoms with van der Waals surface area (Å²) in [6.07, 6.45) is -0.355. The minimum atomic E-state index is -0.465. The van der Waals surface area contributed by atoms with Crippen LogP contribution in [0.25, 0.3) is 0 Å². The molecule has 1 amide bonds. The van der Waals surface area contributed by atoms with Crippen LogP contribution in [0.5, 0.6) is 0 Å². The number of thiazole rings is 1. The van der Waals surface area contributed by atoms with Crippen LogP contribution in [0, 0.1) is 18.8 Å². The number of aromatic nitrogens is 1. The van der Waals surface area contributed by atoms with E-state index in [2.05, 4.69) is 41.8 Å². The Morgan fingerprint density at radius 1 is 1.30 bits per heavy atom. The van der Waals surface area contributed by atoms with Crippen LogP contribution in [0.2, 0.25) is 0 Å². The molecule has 0 aliphatic rings. The fraction of sp³-hybridized carbons (Fsp3) is 0.765. The van der Waals surface area contributed by atoms with Crippen LogP contribution >= 0.6 is 11.3 Å². The molecule has 0 radical (unpaired) electrons. The molecule has 6 heteroatoms. The molecule has 0 saturated heterocycles. The molecule has 2 unspecified atom stereocenters. The van der Waals surface area contributed by atoms with Crippen molar-refractivity contribution in [2.75, 3.05) is 13.1 Å². The zero-order chi connectivity index (χ0) is 17.6. The molecule has 0 aliphatic heterocycles. The third-order valence-corrected chi connectivity index (χ3v) is 4.69. The molecule has 0 bridgehead atoms. The highest BCUT2D eigenvalue weighted by Crippen LogP contribution is 2.18. The molecule has 0 aromatic carbocycles. The van der Waals surface area contributed by atoms with Gasteiger partial charge >= 0.3 is 6.09 Å². The number of carbonyl (C=O) groups is 1. The maximum absolute atomic E-state index is 11.8. The van der Waals surface area contributed by atoms with E-state index in [4.69, 9.17) is 4.74 Å². The molecule has 0 spiro atoms. The van der Waals surface area contributed by atoms with Gasteiger partial charge in [0.2, 0.25) is 0 Å². The highest BCUT2D eigenvalue weighted by Gasteiger charge is 2.20. The van der Waals surface area contributed by atoms with Crippen LogP contribution in [0.4, 0.5) is 4.79 Å². The Bertz CT molecular complexity index is 494. The molecular weight excluding hydrogens is 310 g/mol. The molecule has 0 aliphatic carbocycles. The van der Waals surface area contributed by atoms with Gasteiger partial charge < -0.3 is 15.4 Å². The third kappa shape index (κ3) is 7.79. The summed E-state index contributed by atoms with van der Waals surface area (Å²) in [6.45, 7) is 15.5. The second-order valence-corrected chi connectivity index (χ2v) is 8.23. The molecule has 23 heavy (non-hydrogen) atoms. The minimum absolute atomic E-state index is 0.219. The first-order valence-electron chi connectivity index (χ1n) is 8.20. The number of amides is 1. The van der Waals surface area contributed by atoms with E-state index in [0.29, 0.717) is 18.4 Å². The number of nitrogens with one attached hydrogen (secondary N) is 2. The molecule has 2 atom stereocenters. The summed E-state index contributed by atoms with van der Waals surface area (Å²) in [6, 6.07) is 0.219. The topological polar surface area (TPSA) is 63.2 Å². The lowest BCUT2D eigenvalue weighted by Crippen LogP contribution is -2.40. The van der Waals surface area contributed by atoms with Gasteiger partial charge in [-0.3, -0.25) is 0 Å². The van der Waals surface area contributed by atoms with Crippen LogP contribution < -0.4 is 10.6 Å². The molecule has 0 fully saturated rings. The summed E-state index contributed by atoms with van der Waals surface area (Å²) in [7, 11) is 0. The third-order valence-electron chi connectivity index (χ3n) is 3.54. The number of carbonyl (C=O) groups excluding carboxylic acids is 1. The highest BCUT2D eigenvalue weighted by atomic mass is 32.1. The number of aryl methyl sites for hydroxylation is 1. The van der Waals surface area contributed by atoms with Gasteiger partial charge in [0.1, 0.15) is 10.6 Å². The fourth-order valence-corrected chi connectivity index (χ4v) is 2.89. The Kier molecular flexibility index (Phi) is 7.48. The van der Waals surface area contributed by atoms with E-state index < -0.39 is 5.60 Å². The lowest BCUT2D eigenvalue weighted by Gasteiger charge is -2.25. The van der Waals surface area contributed by atoms with E-state index in [1.165, 1.54) is 0 Å². The minimum Gasteiger partial charge on any atom is -0.444 e. The number of hydrogen-bond donors (Lipinski definition) is 2. The van der Waals surface area contributed by atoms with Gasteiger partial charge in [-0.25, -0.2) is 9.78 Å². The van der Waals surface area contributed by atoms with Crippen LogP contribution in [-0.2, 0) is 4.74 Å². The van der Waals surface area contributed by atoms with Gasteiger partial charge in [0.05, 0.1) is 6.04 Å². The normalized spacial score (nSPS) is 14.6. The second kappa shape index (κ2) is 8.64. The van der Waals surface area contributed by atoms with Gasteiger partial charge in [0, 0.05) is 24.2 Å². The first kappa shape index (κ1) is 19.9. The molecular formula is C17H31N3O2S. The Morgan fingerprint density at radius 2 is 1.96 bits per heavy atom. The van der Waals surface area contributed by atoms with Crippen molar-refractivity contribution in [1.82, 2.24) is 15.6 Å². The maximum Gasteiger partial charge on any atom is 0.407 e. The highest BCUT2D eigenvalue weighted by molar-refractivity contribution is 7.09. The van der Waals surface area contributed by atoms with Crippen molar-refractivity contribution in [2.24, 2.45) is 11.8 Å². The summed E-state index contributed by atoms with van der Waals surface area (Å²) in [5, 5.41) is 9.56. The maximum atomic E-state index is 11.8. The predicted octanol–water partition coefficient (Wildman–Crippen LogP) is 3.90. The standard InChI is InChI=1S/C17H31N3O2S/c1-11(2)14(9-19-16(21)22-17(5,6)7)8-18-13(4)15-20-12(3)10-23-15/h10-11,13-14,18H,8-9H2,1-7H3,(H,19,21). The Labute approximate surface area is 144 Å². The van der Waals surface area contributed by atoms with Crippen LogP contribution in [0.15, 0.2) is 5.38 Å². The summed E-state index contributed by atoms with van der Waals surface area (Å²) >= 11 is 1.68. The Balaban J connectivity index is 2.44. The molecule has 2 N–H and O–H groups in total. The molecule has 132 valence electrons. The number of rotatable bonds is 7. The van der Waals surface area contributed by atoms with Gasteiger partial charge in [-0.05, 0) is 46.5 Å². The largest absolute Gasteiger partial charge is 0.444 e. The zero-order valence-corrected chi connectivity index (χ0v) is 16.2. The van der Waals surface area contributed by atoms with E-state index >= 15 is 0 Å². The van der Waals surface area contributed by atoms with Crippen molar-refractivity contribution >= 4 is 17.4 Å². The Morgan fingerprint density at radius 3 is 2.43 bits per heavy atom. The molecule has 1 aromatic rings. The van der Waals surface area contributed by atoms with E-state index in [9.17, 15) is 4.79 Å². The fourth-order valence-electron chi connectivity index (χ4n) is 2.06. The number of nitrogens with zero attached hydrogens (tertiary/aromatic N) is 1. The average molecular weight is 342 g/mol. The summed E-state index contributed by atoms with van der Waals surface area (Å²) in [4.78, 5) is 16.3. The number of hydrogen-bond acceptors (Lipinski definition) is 5. The van der Waals surface area contributed by atoms with Crippen molar-refractivity contribution in [1.29, 1.82) is 0 Å². The lowest BCUT2D eigenvalue weighted by molar-refractivity contribution is 0.0514. The molecule has 1 rings (SSSR count). The van der Waals surface area contributed by atoms with Gasteiger partial charge in [-0.15, -0.1) is 11.3 Å². The molecule has 5 nitrogen and oxygen atoms in total. The van der Waals surface area contributed by atoms with Gasteiger partial charge in [0.15, 0.2) is 0 Å². The summed E-state index contributed by atoms with van der Waals surface area (Å²) in [5.74, 6) is 0.800. The smallest absolute Gasteiger partial charge is 0.407 e. The van der Waals surface area contributed by atoms with Crippen molar-refractivity contribution < 1.29 is 9.53 Å². The van der Waals surface area contributed by atoms with Crippen molar-refractivity contribution in [3.05, 3.63) is 16.1 Å². The average Bonchev–Trinajstić information content (AvgIpc) is 2.82. The van der Waals surface area contributed by atoms with Gasteiger partial charge in [0.25, 0.3) is 0 Å². The molecule has 0 saturated carbocycles. The SMILES string of the molecule is Cc1csc(C(C)NCC(CNC(=O)OC(C)(C)C)C(C)C)n1. The van der Waals surface area contributed by atoms with E-state index in [-0.39, 0.29) is 12.1 Å². The number of ether oxygens (including phenoxy) is 1. The summed E-state index contributed by atoms with van der Waals surface area (Å²) < 4.78 is 5.29. The van der Waals surface area contributed by atoms with E-state index in [1.807, 2.05) is 27.7 Å². The van der Waals surface area contributed by atoms with Crippen LogP contribution in [-0.4, -0.2) is 29.8 Å². The first-order valence-corrected chi connectivity index (χ1v) is 9.08. The quantitative estimate of drug-likeness (QED) is 0.789. The van der Waals surface area contributed by atoms with Crippen molar-refractivity contribution in [3.63, 3.8) is 0 Å². The van der Waals surface area contributed by atoms with Gasteiger partial charge in [-0.2, -0.15) is 0 Å². The van der Waals surface area contributed by atoms with Crippen LogP contribution in [0.1, 0.15) is 58.3 Å². The lowest BCUT2D eigenvalue weighted by atomic mass is 9.95. The predicted molar refractivity (Wildman–Crippen MR) is 95.8 cm³/mol. The number of alkyl carbamates (subject to hydrolysis) is 1. The van der Waals surface area contributed by atoms with Crippen molar-refractivity contribution in [2.45, 2.75) is 60.1 Å². The Hall–Kier alpha value is -1.14. The van der Waals surface area contributed by atoms with Crippen LogP contribution in [0.3, 0.4) is 0 Å². The first-order chi connectivity index (χ1) is 10.6. The van der Waals surface area contributed by atoms with Gasteiger partial charge in [-0.1, -0.05) is 13.8 Å². The van der Waals surface area contributed by atoms with Crippen molar-refractivity contribution in [3.8, 4) is 0 Å². The zero-order valence-electron chi connectivity index (χ0n) is 15.4. The molecule has 1 aromatic heterocycles. The monoisotopic (exact) mass is 341 g/mol. The van der Waals surface area contributed by atoms with E-state index in [1.54, 1.807) is 11.3 Å². The summed E-state index contributed by atoms with van der Waals surface area (Å²) in [5.41, 5.74) is 0.595. The second-order valence-electron chi connectivity index (χ2n) is 7.34. The van der Waals surface area contributed by atoms with E-state index in [0.717, 1.165) is 17.2 Å².